The summed E-state index contributed by atoms with van der Waals surface area (Å²) in [5, 5.41) is 14.6. The molecule has 0 aromatic carbocycles. The van der Waals surface area contributed by atoms with Crippen molar-refractivity contribution in [3.05, 3.63) is 0 Å². The zero-order chi connectivity index (χ0) is 12.2. The smallest absolute Gasteiger partial charge is 0.407 e. The van der Waals surface area contributed by atoms with E-state index in [-0.39, 0.29) is 12.1 Å². The number of nitrogens with zero attached hydrogens (tertiary/aromatic N) is 1. The van der Waals surface area contributed by atoms with E-state index in [4.69, 9.17) is 10.00 Å². The predicted octanol–water partition coefficient (Wildman–Crippen LogP) is 1.16. The van der Waals surface area contributed by atoms with Gasteiger partial charge in [-0.1, -0.05) is 0 Å². The van der Waals surface area contributed by atoms with Crippen molar-refractivity contribution < 1.29 is 9.53 Å². The predicted molar refractivity (Wildman–Crippen MR) is 59.8 cm³/mol. The molecule has 5 heteroatoms. The highest BCUT2D eigenvalue weighted by Crippen LogP contribution is 2.11. The van der Waals surface area contributed by atoms with Gasteiger partial charge in [-0.25, -0.2) is 4.79 Å². The third-order valence-electron chi connectivity index (χ3n) is 2.28. The number of piperidine rings is 1. The molecule has 0 saturated carbocycles. The lowest BCUT2D eigenvalue weighted by Gasteiger charge is -2.28. The van der Waals surface area contributed by atoms with Gasteiger partial charge in [0, 0.05) is 6.04 Å². The molecule has 0 aliphatic carbocycles. The average molecular weight is 225 g/mol. The number of carbonyl (C=O) groups excluding carboxylic acids is 1. The van der Waals surface area contributed by atoms with Gasteiger partial charge in [-0.15, -0.1) is 0 Å². The molecule has 0 aromatic heterocycles. The van der Waals surface area contributed by atoms with Crippen molar-refractivity contribution in [1.29, 1.82) is 5.26 Å². The maximum absolute atomic E-state index is 11.5. The highest BCUT2D eigenvalue weighted by Gasteiger charge is 2.24. The van der Waals surface area contributed by atoms with Gasteiger partial charge >= 0.3 is 6.09 Å². The molecular weight excluding hydrogens is 206 g/mol. The van der Waals surface area contributed by atoms with Crippen LogP contribution in [-0.4, -0.2) is 30.3 Å². The van der Waals surface area contributed by atoms with Crippen molar-refractivity contribution in [2.24, 2.45) is 0 Å². The topological polar surface area (TPSA) is 74.2 Å². The summed E-state index contributed by atoms with van der Waals surface area (Å²) < 4.78 is 5.16. The van der Waals surface area contributed by atoms with Crippen molar-refractivity contribution >= 4 is 6.09 Å². The molecular formula is C11H19N3O2. The van der Waals surface area contributed by atoms with Crippen molar-refractivity contribution in [1.82, 2.24) is 10.6 Å². The first-order valence-corrected chi connectivity index (χ1v) is 5.53. The van der Waals surface area contributed by atoms with E-state index in [0.717, 1.165) is 13.0 Å². The first-order valence-electron chi connectivity index (χ1n) is 5.53. The van der Waals surface area contributed by atoms with Gasteiger partial charge in [0.25, 0.3) is 0 Å². The highest BCUT2D eigenvalue weighted by molar-refractivity contribution is 5.68. The zero-order valence-corrected chi connectivity index (χ0v) is 10.0. The number of ether oxygens (including phenoxy) is 1. The van der Waals surface area contributed by atoms with Crippen LogP contribution in [0.1, 0.15) is 33.6 Å². The Morgan fingerprint density at radius 3 is 2.81 bits per heavy atom. The second kappa shape index (κ2) is 5.17. The van der Waals surface area contributed by atoms with Gasteiger partial charge in [0.05, 0.1) is 12.1 Å². The van der Waals surface area contributed by atoms with E-state index in [1.807, 2.05) is 20.8 Å². The normalized spacial score (nSPS) is 25.6. The van der Waals surface area contributed by atoms with Gasteiger partial charge in [-0.05, 0) is 40.2 Å². The monoisotopic (exact) mass is 225 g/mol. The number of nitrogens with one attached hydrogen (secondary N) is 2. The fourth-order valence-electron chi connectivity index (χ4n) is 1.62. The average Bonchev–Trinajstić information content (AvgIpc) is 2.15. The molecule has 1 rings (SSSR count). The quantitative estimate of drug-likeness (QED) is 0.702. The fraction of sp³-hybridized carbons (Fsp3) is 0.818. The molecule has 0 bridgehead atoms. The Labute approximate surface area is 96.2 Å². The van der Waals surface area contributed by atoms with Crippen molar-refractivity contribution in [2.45, 2.75) is 51.3 Å². The largest absolute Gasteiger partial charge is 0.444 e. The fourth-order valence-corrected chi connectivity index (χ4v) is 1.62. The number of hydrogen-bond acceptors (Lipinski definition) is 4. The molecule has 16 heavy (non-hydrogen) atoms. The van der Waals surface area contributed by atoms with Gasteiger partial charge in [-0.3, -0.25) is 0 Å². The molecule has 0 radical (unpaired) electrons. The summed E-state index contributed by atoms with van der Waals surface area (Å²) in [5.74, 6) is 0. The Bertz CT molecular complexity index is 291. The van der Waals surface area contributed by atoms with Crippen LogP contribution in [-0.2, 0) is 4.74 Å². The Kier molecular flexibility index (Phi) is 4.13. The maximum atomic E-state index is 11.5. The summed E-state index contributed by atoms with van der Waals surface area (Å²) in [6.07, 6.45) is 1.06. The first kappa shape index (κ1) is 12.8. The van der Waals surface area contributed by atoms with E-state index in [0.29, 0.717) is 6.42 Å². The van der Waals surface area contributed by atoms with Crippen LogP contribution < -0.4 is 10.6 Å². The van der Waals surface area contributed by atoms with Gasteiger partial charge in [-0.2, -0.15) is 5.26 Å². The Morgan fingerprint density at radius 1 is 1.56 bits per heavy atom. The van der Waals surface area contributed by atoms with Crippen LogP contribution in [0.2, 0.25) is 0 Å². The molecule has 1 aliphatic heterocycles. The molecule has 0 spiro atoms. The van der Waals surface area contributed by atoms with Crippen LogP contribution in [0.15, 0.2) is 0 Å². The van der Waals surface area contributed by atoms with Gasteiger partial charge in [0.1, 0.15) is 5.60 Å². The van der Waals surface area contributed by atoms with Gasteiger partial charge in [0.2, 0.25) is 0 Å². The number of rotatable bonds is 1. The standard InChI is InChI=1S/C11H19N3O2/c1-11(2,3)16-10(15)14-8-4-5-13-9(6-8)7-12/h8-9,13H,4-6H2,1-3H3,(H,14,15). The molecule has 1 aliphatic rings. The molecule has 0 aromatic rings. The Balaban J connectivity index is 2.37. The second-order valence-electron chi connectivity index (χ2n) is 5.00. The lowest BCUT2D eigenvalue weighted by Crippen LogP contribution is -2.48. The van der Waals surface area contributed by atoms with Crippen LogP contribution in [0.5, 0.6) is 0 Å². The van der Waals surface area contributed by atoms with Gasteiger partial charge in [0.15, 0.2) is 0 Å². The minimum atomic E-state index is -0.481. The van der Waals surface area contributed by atoms with Crippen LogP contribution in [0.25, 0.3) is 0 Å². The molecule has 1 saturated heterocycles. The highest BCUT2D eigenvalue weighted by atomic mass is 16.6. The molecule has 5 nitrogen and oxygen atoms in total. The van der Waals surface area contributed by atoms with E-state index in [1.165, 1.54) is 0 Å². The van der Waals surface area contributed by atoms with Crippen LogP contribution in [0, 0.1) is 11.3 Å². The third-order valence-corrected chi connectivity index (χ3v) is 2.28. The Hall–Kier alpha value is -1.28. The lowest BCUT2D eigenvalue weighted by molar-refractivity contribution is 0.0493. The SMILES string of the molecule is CC(C)(C)OC(=O)NC1CCNC(C#N)C1. The molecule has 90 valence electrons. The van der Waals surface area contributed by atoms with Crippen molar-refractivity contribution in [3.8, 4) is 6.07 Å². The number of alkyl carbamates (subject to hydrolysis) is 1. The molecule has 1 fully saturated rings. The summed E-state index contributed by atoms with van der Waals surface area (Å²) in [6.45, 7) is 6.23. The van der Waals surface area contributed by atoms with E-state index >= 15 is 0 Å². The Morgan fingerprint density at radius 2 is 2.25 bits per heavy atom. The molecule has 2 unspecified atom stereocenters. The van der Waals surface area contributed by atoms with Crippen molar-refractivity contribution in [3.63, 3.8) is 0 Å². The third kappa shape index (κ3) is 4.49. The summed E-state index contributed by atoms with van der Waals surface area (Å²) in [5.41, 5.74) is -0.481. The number of amides is 1. The number of hydrogen-bond donors (Lipinski definition) is 2. The minimum Gasteiger partial charge on any atom is -0.444 e. The summed E-state index contributed by atoms with van der Waals surface area (Å²) in [4.78, 5) is 11.5. The molecule has 2 N–H and O–H groups in total. The summed E-state index contributed by atoms with van der Waals surface area (Å²) in [7, 11) is 0. The number of carbonyl (C=O) groups is 1. The zero-order valence-electron chi connectivity index (χ0n) is 10.0. The second-order valence-corrected chi connectivity index (χ2v) is 5.00. The molecule has 1 heterocycles. The summed E-state index contributed by atoms with van der Waals surface area (Å²) in [6, 6.07) is 2.01. The molecule has 2 atom stereocenters. The van der Waals surface area contributed by atoms with E-state index < -0.39 is 11.7 Å². The summed E-state index contributed by atoms with van der Waals surface area (Å²) >= 11 is 0. The first-order chi connectivity index (χ1) is 7.40. The van der Waals surface area contributed by atoms with E-state index in [2.05, 4.69) is 16.7 Å². The maximum Gasteiger partial charge on any atom is 0.407 e. The van der Waals surface area contributed by atoms with E-state index in [9.17, 15) is 4.79 Å². The van der Waals surface area contributed by atoms with Crippen molar-refractivity contribution in [2.75, 3.05) is 6.54 Å². The van der Waals surface area contributed by atoms with Gasteiger partial charge < -0.3 is 15.4 Å². The lowest BCUT2D eigenvalue weighted by atomic mass is 10.0. The minimum absolute atomic E-state index is 0.0285. The number of nitriles is 1. The van der Waals surface area contributed by atoms with Crippen LogP contribution in [0.3, 0.4) is 0 Å². The molecule has 1 amide bonds. The van der Waals surface area contributed by atoms with Crippen LogP contribution >= 0.6 is 0 Å². The van der Waals surface area contributed by atoms with Crippen LogP contribution in [0.4, 0.5) is 4.79 Å². The van der Waals surface area contributed by atoms with E-state index in [1.54, 1.807) is 0 Å².